The Hall–Kier alpha value is -0.870. The largest absolute Gasteiger partial charge is 0.293 e. The standard InChI is InChI=1S/C9H7Cl2N3O/c10-7-5-3-6(15)14(4-1-2-4)8(5)13-9(11)12-7/h4H,1-3H2. The van der Waals surface area contributed by atoms with Gasteiger partial charge >= 0.3 is 0 Å². The zero-order valence-corrected chi connectivity index (χ0v) is 9.22. The van der Waals surface area contributed by atoms with Crippen LogP contribution in [0.25, 0.3) is 0 Å². The first-order chi connectivity index (χ1) is 7.16. The lowest BCUT2D eigenvalue weighted by Gasteiger charge is -2.14. The molecule has 4 nitrogen and oxygen atoms in total. The number of hydrogen-bond donors (Lipinski definition) is 0. The molecule has 0 N–H and O–H groups in total. The Morgan fingerprint density at radius 3 is 2.67 bits per heavy atom. The second kappa shape index (κ2) is 3.06. The maximum Gasteiger partial charge on any atom is 0.233 e. The second-order valence-electron chi connectivity index (χ2n) is 3.76. The van der Waals surface area contributed by atoms with Crippen LogP contribution < -0.4 is 4.90 Å². The maximum atomic E-state index is 11.7. The van der Waals surface area contributed by atoms with E-state index in [1.165, 1.54) is 0 Å². The molecule has 1 aliphatic heterocycles. The summed E-state index contributed by atoms with van der Waals surface area (Å²) >= 11 is 11.6. The van der Waals surface area contributed by atoms with Gasteiger partial charge in [0.25, 0.3) is 0 Å². The minimum absolute atomic E-state index is 0.0472. The van der Waals surface area contributed by atoms with Gasteiger partial charge in [0.2, 0.25) is 11.2 Å². The first-order valence-corrected chi connectivity index (χ1v) is 5.46. The highest BCUT2D eigenvalue weighted by Crippen LogP contribution is 2.39. The maximum absolute atomic E-state index is 11.7. The number of rotatable bonds is 1. The fraction of sp³-hybridized carbons (Fsp3) is 0.444. The van der Waals surface area contributed by atoms with Crippen molar-refractivity contribution in [3.8, 4) is 0 Å². The molecule has 1 aromatic rings. The summed E-state index contributed by atoms with van der Waals surface area (Å²) in [5.41, 5.74) is 0.706. The molecule has 2 aliphatic rings. The number of carbonyl (C=O) groups excluding carboxylic acids is 1. The lowest BCUT2D eigenvalue weighted by atomic mass is 10.3. The van der Waals surface area contributed by atoms with E-state index in [2.05, 4.69) is 9.97 Å². The first kappa shape index (κ1) is 9.36. The Balaban J connectivity index is 2.14. The molecule has 1 amide bonds. The van der Waals surface area contributed by atoms with Crippen molar-refractivity contribution in [2.45, 2.75) is 25.3 Å². The van der Waals surface area contributed by atoms with Gasteiger partial charge in [0.15, 0.2) is 0 Å². The van der Waals surface area contributed by atoms with Crippen molar-refractivity contribution in [1.82, 2.24) is 9.97 Å². The lowest BCUT2D eigenvalue weighted by molar-refractivity contribution is -0.117. The number of aromatic nitrogens is 2. The number of fused-ring (bicyclic) bond motifs is 1. The van der Waals surface area contributed by atoms with Crippen LogP contribution in [0.3, 0.4) is 0 Å². The van der Waals surface area contributed by atoms with Crippen molar-refractivity contribution in [3.05, 3.63) is 16.0 Å². The molecule has 0 atom stereocenters. The van der Waals surface area contributed by atoms with Gasteiger partial charge in [-0.15, -0.1) is 0 Å². The highest BCUT2D eigenvalue weighted by atomic mass is 35.5. The van der Waals surface area contributed by atoms with E-state index < -0.39 is 0 Å². The number of hydrogen-bond acceptors (Lipinski definition) is 3. The van der Waals surface area contributed by atoms with Gasteiger partial charge in [-0.1, -0.05) is 11.6 Å². The van der Waals surface area contributed by atoms with Crippen LogP contribution in [0.15, 0.2) is 0 Å². The minimum atomic E-state index is 0.0472. The molecule has 1 aromatic heterocycles. The fourth-order valence-electron chi connectivity index (χ4n) is 1.84. The van der Waals surface area contributed by atoms with E-state index in [1.807, 2.05) is 0 Å². The van der Waals surface area contributed by atoms with E-state index in [1.54, 1.807) is 4.90 Å². The van der Waals surface area contributed by atoms with E-state index in [0.29, 0.717) is 29.0 Å². The fourth-order valence-corrected chi connectivity index (χ4v) is 2.27. The molecule has 15 heavy (non-hydrogen) atoms. The molecular formula is C9H7Cl2N3O. The van der Waals surface area contributed by atoms with Gasteiger partial charge < -0.3 is 0 Å². The van der Waals surface area contributed by atoms with Crippen LogP contribution in [0.2, 0.25) is 10.4 Å². The zero-order valence-electron chi connectivity index (χ0n) is 7.70. The summed E-state index contributed by atoms with van der Waals surface area (Å²) in [6, 6.07) is 0.292. The smallest absolute Gasteiger partial charge is 0.233 e. The van der Waals surface area contributed by atoms with Crippen LogP contribution in [0.4, 0.5) is 5.82 Å². The zero-order chi connectivity index (χ0) is 10.6. The molecule has 1 fully saturated rings. The van der Waals surface area contributed by atoms with Crippen molar-refractivity contribution in [2.75, 3.05) is 4.90 Å². The molecule has 2 heterocycles. The lowest BCUT2D eigenvalue weighted by Crippen LogP contribution is -2.29. The van der Waals surface area contributed by atoms with Crippen molar-refractivity contribution in [1.29, 1.82) is 0 Å². The van der Waals surface area contributed by atoms with Crippen molar-refractivity contribution < 1.29 is 4.79 Å². The Morgan fingerprint density at radius 1 is 1.27 bits per heavy atom. The third-order valence-electron chi connectivity index (χ3n) is 2.64. The topological polar surface area (TPSA) is 46.1 Å². The van der Waals surface area contributed by atoms with Crippen molar-refractivity contribution in [3.63, 3.8) is 0 Å². The van der Waals surface area contributed by atoms with Crippen LogP contribution in [-0.2, 0) is 11.2 Å². The highest BCUT2D eigenvalue weighted by Gasteiger charge is 2.41. The number of halogens is 2. The quantitative estimate of drug-likeness (QED) is 0.559. The summed E-state index contributed by atoms with van der Waals surface area (Å²) in [6.07, 6.45) is 2.36. The summed E-state index contributed by atoms with van der Waals surface area (Å²) in [5.74, 6) is 0.651. The number of amides is 1. The highest BCUT2D eigenvalue weighted by molar-refractivity contribution is 6.33. The van der Waals surface area contributed by atoms with Crippen LogP contribution >= 0.6 is 23.2 Å². The SMILES string of the molecule is O=C1Cc2c(Cl)nc(Cl)nc2N1C1CC1. The molecule has 6 heteroatoms. The van der Waals surface area contributed by atoms with Gasteiger partial charge in [0.05, 0.1) is 6.42 Å². The molecular weight excluding hydrogens is 237 g/mol. The van der Waals surface area contributed by atoms with Gasteiger partial charge in [-0.2, -0.15) is 4.98 Å². The van der Waals surface area contributed by atoms with E-state index >= 15 is 0 Å². The van der Waals surface area contributed by atoms with E-state index in [0.717, 1.165) is 12.8 Å². The van der Waals surface area contributed by atoms with Gasteiger partial charge in [0.1, 0.15) is 11.0 Å². The number of nitrogens with zero attached hydrogens (tertiary/aromatic N) is 3. The molecule has 1 aliphatic carbocycles. The molecule has 0 radical (unpaired) electrons. The molecule has 0 saturated heterocycles. The molecule has 3 rings (SSSR count). The molecule has 0 aromatic carbocycles. The number of carbonyl (C=O) groups is 1. The number of anilines is 1. The summed E-state index contributed by atoms with van der Waals surface area (Å²) < 4.78 is 0. The third kappa shape index (κ3) is 1.40. The Bertz CT molecular complexity index is 459. The van der Waals surface area contributed by atoms with Gasteiger partial charge in [-0.05, 0) is 24.4 Å². The van der Waals surface area contributed by atoms with Gasteiger partial charge in [-0.25, -0.2) is 4.98 Å². The monoisotopic (exact) mass is 243 g/mol. The molecule has 1 saturated carbocycles. The van der Waals surface area contributed by atoms with Crippen molar-refractivity contribution >= 4 is 34.9 Å². The Labute approximate surface area is 96.2 Å². The summed E-state index contributed by atoms with van der Waals surface area (Å²) in [6.45, 7) is 0. The summed E-state index contributed by atoms with van der Waals surface area (Å²) in [4.78, 5) is 21.4. The van der Waals surface area contributed by atoms with E-state index in [-0.39, 0.29) is 11.2 Å². The van der Waals surface area contributed by atoms with E-state index in [9.17, 15) is 4.79 Å². The predicted molar refractivity (Wildman–Crippen MR) is 56.3 cm³/mol. The second-order valence-corrected chi connectivity index (χ2v) is 4.45. The molecule has 0 bridgehead atoms. The average molecular weight is 244 g/mol. The van der Waals surface area contributed by atoms with Crippen LogP contribution in [0, 0.1) is 0 Å². The van der Waals surface area contributed by atoms with Crippen molar-refractivity contribution in [2.24, 2.45) is 0 Å². The Morgan fingerprint density at radius 2 is 2.00 bits per heavy atom. The van der Waals surface area contributed by atoms with Crippen LogP contribution in [-0.4, -0.2) is 21.9 Å². The first-order valence-electron chi connectivity index (χ1n) is 4.71. The van der Waals surface area contributed by atoms with Gasteiger partial charge in [-0.3, -0.25) is 9.69 Å². The summed E-state index contributed by atoms with van der Waals surface area (Å²) in [5, 5.41) is 0.389. The molecule has 0 spiro atoms. The van der Waals surface area contributed by atoms with E-state index in [4.69, 9.17) is 23.2 Å². The molecule has 78 valence electrons. The third-order valence-corrected chi connectivity index (χ3v) is 3.13. The molecule has 0 unspecified atom stereocenters. The van der Waals surface area contributed by atoms with Crippen LogP contribution in [0.5, 0.6) is 0 Å². The normalized spacial score (nSPS) is 19.6. The summed E-state index contributed by atoms with van der Waals surface area (Å²) in [7, 11) is 0. The van der Waals surface area contributed by atoms with Gasteiger partial charge in [0, 0.05) is 11.6 Å². The predicted octanol–water partition coefficient (Wildman–Crippen LogP) is 1.83. The minimum Gasteiger partial charge on any atom is -0.293 e. The average Bonchev–Trinajstić information content (AvgIpc) is 2.91. The Kier molecular flexibility index (Phi) is 1.91. The van der Waals surface area contributed by atoms with Crippen LogP contribution in [0.1, 0.15) is 18.4 Å².